The zero-order chi connectivity index (χ0) is 25.5. The number of imidazole rings is 1. The predicted octanol–water partition coefficient (Wildman–Crippen LogP) is 2.00. The van der Waals surface area contributed by atoms with Crippen molar-refractivity contribution in [1.29, 1.82) is 0 Å². The molecule has 0 radical (unpaired) electrons. The molecule has 1 aliphatic carbocycles. The molecule has 4 N–H and O–H groups in total. The Balaban J connectivity index is 1.38. The van der Waals surface area contributed by atoms with Crippen molar-refractivity contribution in [3.05, 3.63) is 80.1 Å². The second-order valence-electron chi connectivity index (χ2n) is 8.76. The number of benzene rings is 1. The zero-order valence-electron chi connectivity index (χ0n) is 19.7. The van der Waals surface area contributed by atoms with Crippen LogP contribution in [0.15, 0.2) is 52.4 Å². The Hall–Kier alpha value is -4.58. The van der Waals surface area contributed by atoms with Crippen LogP contribution in [0.1, 0.15) is 40.7 Å². The summed E-state index contributed by atoms with van der Waals surface area (Å²) in [6, 6.07) is 12.0. The fourth-order valence-electron chi connectivity index (χ4n) is 3.92. The number of aromatic amines is 2. The van der Waals surface area contributed by atoms with E-state index in [1.54, 1.807) is 23.7 Å². The normalized spacial score (nSPS) is 14.5. The average Bonchev–Trinajstić information content (AvgIpc) is 3.25. The maximum atomic E-state index is 11.8. The van der Waals surface area contributed by atoms with E-state index in [1.165, 1.54) is 11.3 Å². The molecule has 0 aliphatic heterocycles. The van der Waals surface area contributed by atoms with Crippen LogP contribution < -0.4 is 21.8 Å². The highest BCUT2D eigenvalue weighted by atomic mass is 32.1. The lowest BCUT2D eigenvalue weighted by Gasteiger charge is -2.10. The number of rotatable bonds is 7. The van der Waals surface area contributed by atoms with Crippen molar-refractivity contribution in [3.8, 4) is 16.3 Å². The molecule has 1 fully saturated rings. The van der Waals surface area contributed by atoms with Gasteiger partial charge in [-0.25, -0.2) is 9.79 Å². The van der Waals surface area contributed by atoms with Gasteiger partial charge in [0.15, 0.2) is 11.4 Å². The van der Waals surface area contributed by atoms with Gasteiger partial charge in [0, 0.05) is 16.6 Å². The molecule has 6 rings (SSSR count). The summed E-state index contributed by atoms with van der Waals surface area (Å²) in [5, 5.41) is 18.3. The number of thiophene rings is 1. The lowest BCUT2D eigenvalue weighted by Crippen LogP contribution is -2.24. The highest BCUT2D eigenvalue weighted by Gasteiger charge is 2.21. The first kappa shape index (κ1) is 22.9. The van der Waals surface area contributed by atoms with Crippen LogP contribution in [-0.2, 0) is 6.54 Å². The lowest BCUT2D eigenvalue weighted by molar-refractivity contribution is 0.102. The molecular formula is C25H22N8O3S. The molecule has 11 nitrogen and oxygen atoms in total. The quantitative estimate of drug-likeness (QED) is 0.242. The van der Waals surface area contributed by atoms with E-state index in [-0.39, 0.29) is 23.4 Å². The number of Topliss-reactive ketones (excluding diaryl/α,β-unsaturated/α-hetero) is 1. The van der Waals surface area contributed by atoms with Crippen molar-refractivity contribution in [3.63, 3.8) is 0 Å². The largest absolute Gasteiger partial charge is 0.493 e. The Kier molecular flexibility index (Phi) is 5.64. The van der Waals surface area contributed by atoms with Crippen LogP contribution in [0.5, 0.6) is 5.88 Å². The average molecular weight is 515 g/mol. The van der Waals surface area contributed by atoms with Gasteiger partial charge in [-0.05, 0) is 49.1 Å². The number of fused-ring (bicyclic) bond motifs is 1. The first-order chi connectivity index (χ1) is 17.9. The van der Waals surface area contributed by atoms with Crippen molar-refractivity contribution >= 4 is 34.8 Å². The summed E-state index contributed by atoms with van der Waals surface area (Å²) in [5.74, 6) is 0.156. The third-order valence-corrected chi connectivity index (χ3v) is 7.15. The molecule has 0 atom stereocenters. The summed E-state index contributed by atoms with van der Waals surface area (Å²) in [6.45, 7) is 2.01. The van der Waals surface area contributed by atoms with E-state index < -0.39 is 5.69 Å². The topological polar surface area (TPSA) is 153 Å². The minimum absolute atomic E-state index is 0.0472. The van der Waals surface area contributed by atoms with Crippen LogP contribution in [0.3, 0.4) is 0 Å². The van der Waals surface area contributed by atoms with Crippen LogP contribution in [0.4, 0.5) is 5.95 Å². The first-order valence-corrected chi connectivity index (χ1v) is 12.5. The van der Waals surface area contributed by atoms with Gasteiger partial charge in [-0.2, -0.15) is 19.6 Å². The van der Waals surface area contributed by atoms with E-state index >= 15 is 0 Å². The number of ketones is 1. The summed E-state index contributed by atoms with van der Waals surface area (Å²) in [7, 11) is 0. The molecule has 4 heterocycles. The van der Waals surface area contributed by atoms with Crippen molar-refractivity contribution in [2.75, 3.05) is 5.32 Å². The van der Waals surface area contributed by atoms with Crippen molar-refractivity contribution in [2.24, 2.45) is 4.99 Å². The van der Waals surface area contributed by atoms with Crippen LogP contribution in [0, 0.1) is 0 Å². The Labute approximate surface area is 213 Å². The van der Waals surface area contributed by atoms with E-state index in [0.29, 0.717) is 29.0 Å². The molecule has 1 aliphatic rings. The third-order valence-electron chi connectivity index (χ3n) is 5.93. The number of aromatic hydroxyl groups is 1. The summed E-state index contributed by atoms with van der Waals surface area (Å²) in [4.78, 5) is 43.9. The van der Waals surface area contributed by atoms with Gasteiger partial charge < -0.3 is 15.4 Å². The van der Waals surface area contributed by atoms with Gasteiger partial charge >= 0.3 is 5.69 Å². The fourth-order valence-corrected chi connectivity index (χ4v) is 4.88. The molecule has 1 saturated carbocycles. The SMILES string of the molecule is CC(=O)c1ccc(-c2ccccc2CNc2nc(=NC3CC3)n3ncc(=Cc4[nH]c(=O)[nH]c4O)c3n2)s1. The number of aromatic nitrogens is 6. The smallest absolute Gasteiger partial charge is 0.326 e. The molecule has 5 aromatic rings. The second kappa shape index (κ2) is 9.13. The molecule has 1 aromatic carbocycles. The summed E-state index contributed by atoms with van der Waals surface area (Å²) in [6.07, 6.45) is 5.18. The summed E-state index contributed by atoms with van der Waals surface area (Å²) in [5.41, 5.74) is 2.68. The standard InChI is InChI=1S/C25H22N8O3S/c1-13(34)19-8-9-20(37-19)17-5-3-2-4-14(17)11-26-23-30-21-15(10-18-22(35)31-25(36)29-18)12-27-33(21)24(32-23)28-16-6-7-16/h2-5,8-10,12,16,35H,6-7,11H2,1H3,(H,26,28,32)(H2,29,31,36). The minimum atomic E-state index is -0.513. The number of hydrogen-bond acceptors (Lipinski definition) is 9. The summed E-state index contributed by atoms with van der Waals surface area (Å²) >= 11 is 1.47. The first-order valence-electron chi connectivity index (χ1n) is 11.7. The van der Waals surface area contributed by atoms with Gasteiger partial charge in [0.05, 0.1) is 17.1 Å². The van der Waals surface area contributed by atoms with Crippen molar-refractivity contribution in [1.82, 2.24) is 29.5 Å². The highest BCUT2D eigenvalue weighted by molar-refractivity contribution is 7.17. The Morgan fingerprint density at radius 1 is 1.24 bits per heavy atom. The van der Waals surface area contributed by atoms with E-state index in [9.17, 15) is 14.7 Å². The van der Waals surface area contributed by atoms with E-state index in [2.05, 4.69) is 30.4 Å². The van der Waals surface area contributed by atoms with Gasteiger partial charge in [0.25, 0.3) is 5.62 Å². The number of anilines is 1. The number of hydrogen-bond donors (Lipinski definition) is 4. The molecular weight excluding hydrogens is 492 g/mol. The molecule has 0 spiro atoms. The maximum Gasteiger partial charge on any atom is 0.326 e. The molecule has 12 heteroatoms. The molecule has 0 saturated heterocycles. The molecule has 37 heavy (non-hydrogen) atoms. The van der Waals surface area contributed by atoms with Gasteiger partial charge in [0.2, 0.25) is 11.8 Å². The third kappa shape index (κ3) is 4.66. The number of nitrogens with one attached hydrogen (secondary N) is 3. The highest BCUT2D eigenvalue weighted by Crippen LogP contribution is 2.31. The number of carbonyl (C=O) groups is 1. The van der Waals surface area contributed by atoms with E-state index in [1.807, 2.05) is 36.4 Å². The summed E-state index contributed by atoms with van der Waals surface area (Å²) < 4.78 is 1.56. The van der Waals surface area contributed by atoms with Crippen molar-refractivity contribution in [2.45, 2.75) is 32.4 Å². The maximum absolute atomic E-state index is 11.8. The predicted molar refractivity (Wildman–Crippen MR) is 138 cm³/mol. The van der Waals surface area contributed by atoms with Gasteiger partial charge in [-0.15, -0.1) is 11.3 Å². The Bertz CT molecular complexity index is 1830. The van der Waals surface area contributed by atoms with Gasteiger partial charge in [-0.3, -0.25) is 9.78 Å². The Morgan fingerprint density at radius 2 is 2.08 bits per heavy atom. The molecule has 186 valence electrons. The number of nitrogens with zero attached hydrogens (tertiary/aromatic N) is 5. The lowest BCUT2D eigenvalue weighted by atomic mass is 10.1. The molecule has 4 aromatic heterocycles. The molecule has 0 amide bonds. The van der Waals surface area contributed by atoms with Crippen LogP contribution >= 0.6 is 11.3 Å². The fraction of sp³-hybridized carbons (Fsp3) is 0.200. The van der Waals surface area contributed by atoms with Crippen molar-refractivity contribution < 1.29 is 9.90 Å². The molecule has 0 bridgehead atoms. The minimum Gasteiger partial charge on any atom is -0.493 e. The van der Waals surface area contributed by atoms with E-state index in [0.717, 1.165) is 33.7 Å². The zero-order valence-corrected chi connectivity index (χ0v) is 20.5. The molecule has 0 unspecified atom stereocenters. The van der Waals surface area contributed by atoms with Crippen LogP contribution in [-0.4, -0.2) is 46.5 Å². The van der Waals surface area contributed by atoms with Crippen LogP contribution in [0.25, 0.3) is 22.2 Å². The van der Waals surface area contributed by atoms with Gasteiger partial charge in [-0.1, -0.05) is 24.3 Å². The van der Waals surface area contributed by atoms with Gasteiger partial charge in [0.1, 0.15) is 5.69 Å². The van der Waals surface area contributed by atoms with Crippen LogP contribution in [0.2, 0.25) is 0 Å². The number of H-pyrrole nitrogens is 2. The number of carbonyl (C=O) groups excluding carboxylic acids is 1. The van der Waals surface area contributed by atoms with E-state index in [4.69, 9.17) is 4.99 Å². The Morgan fingerprint density at radius 3 is 2.81 bits per heavy atom. The second-order valence-corrected chi connectivity index (χ2v) is 9.84. The monoisotopic (exact) mass is 514 g/mol.